The van der Waals surface area contributed by atoms with Gasteiger partial charge < -0.3 is 10.1 Å². The van der Waals surface area contributed by atoms with Gasteiger partial charge >= 0.3 is 0 Å². The second-order valence-corrected chi connectivity index (χ2v) is 8.87. The van der Waals surface area contributed by atoms with E-state index in [9.17, 15) is 13.2 Å². The Bertz CT molecular complexity index is 1110. The lowest BCUT2D eigenvalue weighted by molar-refractivity contribution is -0.120. The SMILES string of the molecule is CCOc1ccc(C(NC(=O)Cc2ccccc2NS(C)(=O)=O)c2ccccc2)cc1. The number of hydrogen-bond donors (Lipinski definition) is 2. The van der Waals surface area contributed by atoms with E-state index in [1.54, 1.807) is 24.3 Å². The molecule has 0 saturated heterocycles. The van der Waals surface area contributed by atoms with Crippen LogP contribution < -0.4 is 14.8 Å². The second-order valence-electron chi connectivity index (χ2n) is 7.12. The minimum atomic E-state index is -3.45. The number of sulfonamides is 1. The summed E-state index contributed by atoms with van der Waals surface area (Å²) in [7, 11) is -3.45. The number of benzene rings is 3. The summed E-state index contributed by atoms with van der Waals surface area (Å²) in [6, 6.07) is 23.9. The van der Waals surface area contributed by atoms with Crippen molar-refractivity contribution < 1.29 is 17.9 Å². The van der Waals surface area contributed by atoms with Crippen LogP contribution in [0.15, 0.2) is 78.9 Å². The minimum absolute atomic E-state index is 0.0407. The van der Waals surface area contributed by atoms with Crippen molar-refractivity contribution in [3.63, 3.8) is 0 Å². The van der Waals surface area contributed by atoms with Crippen LogP contribution in [0.3, 0.4) is 0 Å². The molecule has 1 unspecified atom stereocenters. The second kappa shape index (κ2) is 10.1. The third-order valence-electron chi connectivity index (χ3n) is 4.63. The molecule has 1 atom stereocenters. The minimum Gasteiger partial charge on any atom is -0.494 e. The molecule has 0 spiro atoms. The molecular weight excluding hydrogens is 412 g/mol. The van der Waals surface area contributed by atoms with Crippen molar-refractivity contribution in [1.82, 2.24) is 5.32 Å². The third-order valence-corrected chi connectivity index (χ3v) is 5.22. The Morgan fingerprint density at radius 3 is 2.16 bits per heavy atom. The highest BCUT2D eigenvalue weighted by atomic mass is 32.2. The molecule has 0 saturated carbocycles. The highest BCUT2D eigenvalue weighted by Gasteiger charge is 2.18. The third kappa shape index (κ3) is 6.58. The number of hydrogen-bond acceptors (Lipinski definition) is 4. The molecule has 0 aliphatic rings. The highest BCUT2D eigenvalue weighted by molar-refractivity contribution is 7.92. The van der Waals surface area contributed by atoms with Crippen molar-refractivity contribution in [3.8, 4) is 5.75 Å². The predicted octanol–water partition coefficient (Wildman–Crippen LogP) is 3.91. The van der Waals surface area contributed by atoms with E-state index in [-0.39, 0.29) is 18.4 Å². The van der Waals surface area contributed by atoms with Gasteiger partial charge in [0.2, 0.25) is 15.9 Å². The first-order chi connectivity index (χ1) is 14.9. The zero-order valence-electron chi connectivity index (χ0n) is 17.5. The van der Waals surface area contributed by atoms with E-state index in [4.69, 9.17) is 4.74 Å². The van der Waals surface area contributed by atoms with Gasteiger partial charge in [0.25, 0.3) is 0 Å². The number of nitrogens with one attached hydrogen (secondary N) is 2. The van der Waals surface area contributed by atoms with Gasteiger partial charge in [0.15, 0.2) is 0 Å². The number of anilines is 1. The molecule has 3 rings (SSSR count). The lowest BCUT2D eigenvalue weighted by atomic mass is 9.98. The van der Waals surface area contributed by atoms with E-state index in [0.717, 1.165) is 23.1 Å². The normalized spacial score (nSPS) is 12.1. The van der Waals surface area contributed by atoms with Gasteiger partial charge in [-0.3, -0.25) is 9.52 Å². The summed E-state index contributed by atoms with van der Waals surface area (Å²) in [5, 5.41) is 3.08. The topological polar surface area (TPSA) is 84.5 Å². The molecule has 0 heterocycles. The van der Waals surface area contributed by atoms with Gasteiger partial charge in [0.05, 0.1) is 31.0 Å². The summed E-state index contributed by atoms with van der Waals surface area (Å²) < 4.78 is 31.3. The van der Waals surface area contributed by atoms with E-state index < -0.39 is 10.0 Å². The highest BCUT2D eigenvalue weighted by Crippen LogP contribution is 2.25. The van der Waals surface area contributed by atoms with Crippen LogP contribution in [-0.4, -0.2) is 27.2 Å². The standard InChI is InChI=1S/C24H26N2O4S/c1-3-30-21-15-13-19(14-16-21)24(18-9-5-4-6-10-18)25-23(27)17-20-11-7-8-12-22(20)26-31(2,28)29/h4-16,24,26H,3,17H2,1-2H3,(H,25,27). The molecule has 162 valence electrons. The Morgan fingerprint density at radius 1 is 0.903 bits per heavy atom. The largest absolute Gasteiger partial charge is 0.494 e. The van der Waals surface area contributed by atoms with Crippen LogP contribution in [0.2, 0.25) is 0 Å². The quantitative estimate of drug-likeness (QED) is 0.531. The molecule has 2 N–H and O–H groups in total. The van der Waals surface area contributed by atoms with E-state index in [1.807, 2.05) is 61.5 Å². The maximum atomic E-state index is 12.9. The molecule has 7 heteroatoms. The zero-order chi connectivity index (χ0) is 22.3. The van der Waals surface area contributed by atoms with E-state index >= 15 is 0 Å². The molecule has 0 bridgehead atoms. The summed E-state index contributed by atoms with van der Waals surface area (Å²) in [4.78, 5) is 12.9. The number of amides is 1. The molecule has 1 amide bonds. The van der Waals surface area contributed by atoms with Gasteiger partial charge in [-0.05, 0) is 41.8 Å². The Kier molecular flexibility index (Phi) is 7.31. The number of ether oxygens (including phenoxy) is 1. The van der Waals surface area contributed by atoms with Gasteiger partial charge in [-0.1, -0.05) is 60.7 Å². The van der Waals surface area contributed by atoms with Crippen LogP contribution in [0, 0.1) is 0 Å². The van der Waals surface area contributed by atoms with E-state index in [0.29, 0.717) is 17.9 Å². The molecule has 0 aromatic heterocycles. The molecule has 3 aromatic rings. The molecule has 0 radical (unpaired) electrons. The number of carbonyl (C=O) groups excluding carboxylic acids is 1. The Labute approximate surface area is 183 Å². The molecule has 0 aliphatic carbocycles. The summed E-state index contributed by atoms with van der Waals surface area (Å²) in [6.07, 6.45) is 1.13. The van der Waals surface area contributed by atoms with Crippen molar-refractivity contribution in [3.05, 3.63) is 95.6 Å². The lowest BCUT2D eigenvalue weighted by Gasteiger charge is -2.21. The van der Waals surface area contributed by atoms with Gasteiger partial charge in [-0.15, -0.1) is 0 Å². The van der Waals surface area contributed by atoms with Crippen LogP contribution in [0.25, 0.3) is 0 Å². The summed E-state index contributed by atoms with van der Waals surface area (Å²) in [5.74, 6) is 0.552. The van der Waals surface area contributed by atoms with Gasteiger partial charge in [-0.2, -0.15) is 0 Å². The van der Waals surface area contributed by atoms with Crippen molar-refractivity contribution in [2.75, 3.05) is 17.6 Å². The van der Waals surface area contributed by atoms with E-state index in [2.05, 4.69) is 10.0 Å². The molecule has 0 aliphatic heterocycles. The lowest BCUT2D eigenvalue weighted by Crippen LogP contribution is -2.30. The van der Waals surface area contributed by atoms with Crippen molar-refractivity contribution in [1.29, 1.82) is 0 Å². The molecule has 31 heavy (non-hydrogen) atoms. The fourth-order valence-corrected chi connectivity index (χ4v) is 3.89. The number of para-hydroxylation sites is 1. The Morgan fingerprint density at radius 2 is 1.52 bits per heavy atom. The van der Waals surface area contributed by atoms with Crippen LogP contribution in [0.5, 0.6) is 5.75 Å². The van der Waals surface area contributed by atoms with Gasteiger partial charge in [-0.25, -0.2) is 8.42 Å². The van der Waals surface area contributed by atoms with Crippen LogP contribution >= 0.6 is 0 Å². The molecule has 0 fully saturated rings. The van der Waals surface area contributed by atoms with Crippen LogP contribution in [-0.2, 0) is 21.2 Å². The molecular formula is C24H26N2O4S. The van der Waals surface area contributed by atoms with Crippen molar-refractivity contribution in [2.24, 2.45) is 0 Å². The first-order valence-corrected chi connectivity index (χ1v) is 11.9. The summed E-state index contributed by atoms with van der Waals surface area (Å²) in [6.45, 7) is 2.51. The fraction of sp³-hybridized carbons (Fsp3) is 0.208. The van der Waals surface area contributed by atoms with Crippen LogP contribution in [0.1, 0.15) is 29.7 Å². The zero-order valence-corrected chi connectivity index (χ0v) is 18.4. The number of carbonyl (C=O) groups is 1. The average molecular weight is 439 g/mol. The van der Waals surface area contributed by atoms with Crippen molar-refractivity contribution in [2.45, 2.75) is 19.4 Å². The van der Waals surface area contributed by atoms with Crippen LogP contribution in [0.4, 0.5) is 5.69 Å². The fourth-order valence-electron chi connectivity index (χ4n) is 3.29. The molecule has 6 nitrogen and oxygen atoms in total. The Balaban J connectivity index is 1.83. The maximum absolute atomic E-state index is 12.9. The smallest absolute Gasteiger partial charge is 0.229 e. The average Bonchev–Trinajstić information content (AvgIpc) is 2.74. The monoisotopic (exact) mass is 438 g/mol. The van der Waals surface area contributed by atoms with E-state index in [1.165, 1.54) is 0 Å². The Hall–Kier alpha value is -3.32. The first-order valence-electron chi connectivity index (χ1n) is 9.98. The summed E-state index contributed by atoms with van der Waals surface area (Å²) in [5.41, 5.74) is 2.87. The van der Waals surface area contributed by atoms with Gasteiger partial charge in [0, 0.05) is 0 Å². The summed E-state index contributed by atoms with van der Waals surface area (Å²) >= 11 is 0. The van der Waals surface area contributed by atoms with Gasteiger partial charge in [0.1, 0.15) is 5.75 Å². The number of rotatable bonds is 9. The first kappa shape index (κ1) is 22.4. The predicted molar refractivity (Wildman–Crippen MR) is 123 cm³/mol. The van der Waals surface area contributed by atoms with Crippen molar-refractivity contribution >= 4 is 21.6 Å². The molecule has 3 aromatic carbocycles. The maximum Gasteiger partial charge on any atom is 0.229 e.